The molecule has 2 unspecified atom stereocenters. The second-order valence-electron chi connectivity index (χ2n) is 12.9. The van der Waals surface area contributed by atoms with E-state index in [1.54, 1.807) is 15.4 Å². The molecule has 0 aliphatic heterocycles. The van der Waals surface area contributed by atoms with E-state index in [4.69, 9.17) is 37.3 Å². The first-order chi connectivity index (χ1) is 26.0. The third-order valence-electron chi connectivity index (χ3n) is 8.54. The molecule has 0 aromatic carbocycles. The highest BCUT2D eigenvalue weighted by molar-refractivity contribution is 7.41. The van der Waals surface area contributed by atoms with Crippen molar-refractivity contribution in [3.63, 3.8) is 0 Å². The number of allylic oxidation sites excluding steroid dienone is 4. The van der Waals surface area contributed by atoms with Crippen molar-refractivity contribution < 1.29 is 61.2 Å². The van der Waals surface area contributed by atoms with Gasteiger partial charge in [-0.3, -0.25) is 33.8 Å². The van der Waals surface area contributed by atoms with Crippen molar-refractivity contribution in [1.82, 2.24) is 14.7 Å². The molecule has 0 radical (unpaired) electrons. The molecule has 0 spiro atoms. The Labute approximate surface area is 322 Å². The van der Waals surface area contributed by atoms with Crippen molar-refractivity contribution in [2.24, 2.45) is 0 Å². The van der Waals surface area contributed by atoms with Crippen LogP contribution in [0.15, 0.2) is 23.8 Å². The Hall–Kier alpha value is -2.98. The van der Waals surface area contributed by atoms with Crippen LogP contribution >= 0.6 is 8.60 Å². The number of carbonyl (C=O) groups is 5. The number of rotatable bonds is 32. The van der Waals surface area contributed by atoms with E-state index in [0.29, 0.717) is 6.61 Å². The molecule has 0 heterocycles. The molecule has 16 nitrogen and oxygen atoms in total. The molecule has 1 aliphatic carbocycles. The van der Waals surface area contributed by atoms with Crippen molar-refractivity contribution >= 4 is 38.4 Å². The third-order valence-corrected chi connectivity index (χ3v) is 9.59. The lowest BCUT2D eigenvalue weighted by atomic mass is 9.98. The molecule has 1 rings (SSSR count). The van der Waals surface area contributed by atoms with Crippen LogP contribution in [0.4, 0.5) is 0 Å². The molecule has 310 valence electrons. The molecule has 2 atom stereocenters. The predicted molar refractivity (Wildman–Crippen MR) is 202 cm³/mol. The predicted octanol–water partition coefficient (Wildman–Crippen LogP) is 4.52. The van der Waals surface area contributed by atoms with Gasteiger partial charge in [-0.25, -0.2) is 4.90 Å². The Morgan fingerprint density at radius 2 is 1.22 bits per heavy atom. The quantitative estimate of drug-likeness (QED) is 0.0307. The first kappa shape index (κ1) is 49.0. The molecule has 54 heavy (non-hydrogen) atoms. The molecule has 0 fully saturated rings. The summed E-state index contributed by atoms with van der Waals surface area (Å²) in [5.41, 5.74) is 1.57. The van der Waals surface area contributed by atoms with Crippen LogP contribution < -0.4 is 0 Å². The van der Waals surface area contributed by atoms with Gasteiger partial charge in [-0.05, 0) is 32.1 Å². The van der Waals surface area contributed by atoms with Gasteiger partial charge in [0.05, 0.1) is 60.2 Å². The van der Waals surface area contributed by atoms with Crippen LogP contribution in [-0.4, -0.2) is 145 Å². The fraction of sp³-hybridized carbons (Fsp3) is 0.757. The van der Waals surface area contributed by atoms with Gasteiger partial charge in [0.25, 0.3) is 0 Å². The number of ether oxygens (including phenoxy) is 5. The topological polar surface area (TPSA) is 169 Å². The van der Waals surface area contributed by atoms with E-state index in [9.17, 15) is 24.0 Å². The van der Waals surface area contributed by atoms with Crippen LogP contribution in [0.2, 0.25) is 0 Å². The first-order valence-corrected chi connectivity index (χ1v) is 19.7. The average Bonchev–Trinajstić information content (AvgIpc) is 3.16. The summed E-state index contributed by atoms with van der Waals surface area (Å²) >= 11 is 0. The number of hydrogen-bond donors (Lipinski definition) is 0. The maximum atomic E-state index is 12.5. The van der Waals surface area contributed by atoms with Crippen molar-refractivity contribution in [2.45, 2.75) is 90.5 Å². The van der Waals surface area contributed by atoms with Crippen molar-refractivity contribution in [1.29, 1.82) is 0 Å². The number of carbonyl (C=O) groups excluding carboxylic acids is 5. The molecule has 0 saturated heterocycles. The number of nitrogens with zero attached hydrogens (tertiary/aromatic N) is 3. The summed E-state index contributed by atoms with van der Waals surface area (Å²) in [6.07, 6.45) is 19.5. The van der Waals surface area contributed by atoms with Gasteiger partial charge in [-0.1, -0.05) is 62.3 Å². The summed E-state index contributed by atoms with van der Waals surface area (Å²) in [5, 5.41) is 0. The van der Waals surface area contributed by atoms with Gasteiger partial charge in [-0.15, -0.1) is 0 Å². The van der Waals surface area contributed by atoms with Crippen LogP contribution in [0.5, 0.6) is 0 Å². The number of unbranched alkanes of at least 4 members (excludes halogenated alkanes) is 7. The number of methoxy groups -OCH3 is 3. The lowest BCUT2D eigenvalue weighted by molar-refractivity contribution is -0.159. The Morgan fingerprint density at radius 1 is 0.704 bits per heavy atom. The lowest BCUT2D eigenvalue weighted by Gasteiger charge is -2.35. The van der Waals surface area contributed by atoms with Crippen LogP contribution in [0.1, 0.15) is 84.5 Å². The first-order valence-electron chi connectivity index (χ1n) is 18.6. The van der Waals surface area contributed by atoms with Gasteiger partial charge in [0, 0.05) is 40.6 Å². The van der Waals surface area contributed by atoms with E-state index in [1.165, 1.54) is 98.6 Å². The Bertz CT molecular complexity index is 1120. The van der Waals surface area contributed by atoms with Crippen LogP contribution in [0.25, 0.3) is 0 Å². The van der Waals surface area contributed by atoms with E-state index >= 15 is 0 Å². The summed E-state index contributed by atoms with van der Waals surface area (Å²) in [7, 11) is 3.47. The minimum Gasteiger partial charge on any atom is -0.468 e. The van der Waals surface area contributed by atoms with Crippen LogP contribution in [-0.2, 0) is 61.2 Å². The fourth-order valence-electron chi connectivity index (χ4n) is 5.44. The standard InChI is InChI=1S/C37H64N3O13P/c1-31(41)50-29-40(30-51-32(2)42)34(24-38(25-35(43)46-3)21-22-39(26-36(44)47-4)27-37(45)48-5)28-53-54(49-6)52-23-17-12-10-8-7-9-11-14-18-33-19-15-13-16-20-33/h13,15,19,34H,7-12,14,16-18,20-30H2,1-6H3. The highest BCUT2D eigenvalue weighted by Crippen LogP contribution is 2.39. The maximum Gasteiger partial charge on any atom is 0.332 e. The smallest absolute Gasteiger partial charge is 0.332 e. The Balaban J connectivity index is 2.84. The third kappa shape index (κ3) is 25.2. The largest absolute Gasteiger partial charge is 0.468 e. The molecule has 0 N–H and O–H groups in total. The SMILES string of the molecule is COC(=O)CN(CCN(CC(=O)OC)CC(COP(OC)OCCCCCCCCCCC1=CC=CCC1)N(COC(C)=O)COC(C)=O)CC(=O)OC. The molecule has 0 bridgehead atoms. The average molecular weight is 790 g/mol. The summed E-state index contributed by atoms with van der Waals surface area (Å²) < 4.78 is 42.5. The highest BCUT2D eigenvalue weighted by atomic mass is 31.2. The zero-order chi connectivity index (χ0) is 40.0. The molecular formula is C37H64N3O13P. The molecule has 0 saturated carbocycles. The van der Waals surface area contributed by atoms with Crippen LogP contribution in [0.3, 0.4) is 0 Å². The van der Waals surface area contributed by atoms with E-state index in [1.807, 2.05) is 0 Å². The second-order valence-corrected chi connectivity index (χ2v) is 14.2. The minimum atomic E-state index is -1.76. The van der Waals surface area contributed by atoms with Gasteiger partial charge in [0.15, 0.2) is 0 Å². The molecule has 0 aromatic heterocycles. The zero-order valence-electron chi connectivity index (χ0n) is 33.3. The Morgan fingerprint density at radius 3 is 1.72 bits per heavy atom. The van der Waals surface area contributed by atoms with Gasteiger partial charge in [-0.2, -0.15) is 0 Å². The molecule has 0 aromatic rings. The summed E-state index contributed by atoms with van der Waals surface area (Å²) in [4.78, 5) is 65.0. The van der Waals surface area contributed by atoms with Gasteiger partial charge in [0.1, 0.15) is 13.5 Å². The molecule has 17 heteroatoms. The second kappa shape index (κ2) is 31.2. The highest BCUT2D eigenvalue weighted by Gasteiger charge is 2.28. The van der Waals surface area contributed by atoms with E-state index in [0.717, 1.165) is 19.3 Å². The monoisotopic (exact) mass is 789 g/mol. The van der Waals surface area contributed by atoms with Gasteiger partial charge in [0.2, 0.25) is 0 Å². The molecule has 1 aliphatic rings. The summed E-state index contributed by atoms with van der Waals surface area (Å²) in [6.45, 7) is 2.33. The normalized spacial score (nSPS) is 13.8. The fourth-order valence-corrected chi connectivity index (χ4v) is 6.30. The molecular weight excluding hydrogens is 725 g/mol. The number of hydrogen-bond acceptors (Lipinski definition) is 16. The van der Waals surface area contributed by atoms with Crippen LogP contribution in [0, 0.1) is 0 Å². The van der Waals surface area contributed by atoms with Crippen molar-refractivity contribution in [2.75, 3.05) is 94.4 Å². The van der Waals surface area contributed by atoms with E-state index < -0.39 is 44.5 Å². The van der Waals surface area contributed by atoms with Crippen molar-refractivity contribution in [3.8, 4) is 0 Å². The van der Waals surface area contributed by atoms with Crippen molar-refractivity contribution in [3.05, 3.63) is 23.8 Å². The Kier molecular flexibility index (Phi) is 28.4. The minimum absolute atomic E-state index is 0.0260. The van der Waals surface area contributed by atoms with Gasteiger partial charge < -0.3 is 37.3 Å². The summed E-state index contributed by atoms with van der Waals surface area (Å²) in [5.74, 6) is -2.76. The molecule has 0 amide bonds. The maximum absolute atomic E-state index is 12.5. The van der Waals surface area contributed by atoms with E-state index in [-0.39, 0.29) is 59.3 Å². The lowest BCUT2D eigenvalue weighted by Crippen LogP contribution is -2.51. The number of esters is 5. The summed E-state index contributed by atoms with van der Waals surface area (Å²) in [6, 6.07) is -0.636. The zero-order valence-corrected chi connectivity index (χ0v) is 34.1. The van der Waals surface area contributed by atoms with Gasteiger partial charge >= 0.3 is 38.4 Å². The van der Waals surface area contributed by atoms with E-state index in [2.05, 4.69) is 18.2 Å².